The highest BCUT2D eigenvalue weighted by Crippen LogP contribution is 2.60. The fourth-order valence-corrected chi connectivity index (χ4v) is 7.45. The molecule has 1 amide bonds. The Morgan fingerprint density at radius 3 is 2.31 bits per heavy atom. The maximum Gasteiger partial charge on any atom is 0.280 e. The smallest absolute Gasteiger partial charge is 0.280 e. The van der Waals surface area contributed by atoms with Crippen LogP contribution in [0.25, 0.3) is 5.69 Å². The molecule has 0 radical (unpaired) electrons. The molecule has 4 aliphatic rings. The molecule has 6 nitrogen and oxygen atoms in total. The lowest BCUT2D eigenvalue weighted by molar-refractivity contribution is -0.121. The van der Waals surface area contributed by atoms with Crippen LogP contribution < -0.4 is 11.0 Å². The number of aromatic nitrogens is 2. The summed E-state index contributed by atoms with van der Waals surface area (Å²) in [5.41, 5.74) is 7.26. The van der Waals surface area contributed by atoms with Crippen LogP contribution in [0.15, 0.2) is 64.5 Å². The molecule has 0 saturated heterocycles. The molecule has 1 heterocycles. The lowest BCUT2D eigenvalue weighted by atomic mass is 9.48. The number of rotatable bonds is 7. The van der Waals surface area contributed by atoms with Gasteiger partial charge < -0.3 is 0 Å². The number of carbonyl (C=O) groups is 1. The van der Waals surface area contributed by atoms with Gasteiger partial charge in [0.25, 0.3) is 5.56 Å². The van der Waals surface area contributed by atoms with Crippen molar-refractivity contribution < 1.29 is 4.79 Å². The standard InChI is InChI=1S/C30H34N4O2/c1-20-27(19-31-32-28(35)12-7-21-5-3-2-4-6-21)29(36)34(33-20)26-10-8-25(9-11-26)30-16-22-13-23(17-30)15-24(14-22)18-30/h2-6,8-11,19,22-24,33H,7,12-18H2,1H3,(H,32,35). The van der Waals surface area contributed by atoms with E-state index >= 15 is 0 Å². The van der Waals surface area contributed by atoms with Crippen LogP contribution in [-0.2, 0) is 16.6 Å². The number of hydrogen-bond acceptors (Lipinski definition) is 3. The zero-order valence-corrected chi connectivity index (χ0v) is 20.9. The normalized spacial score (nSPS) is 26.5. The topological polar surface area (TPSA) is 79.2 Å². The van der Waals surface area contributed by atoms with Crippen LogP contribution in [0.3, 0.4) is 0 Å². The van der Waals surface area contributed by atoms with Gasteiger partial charge in [0.05, 0.1) is 17.5 Å². The number of hydrazone groups is 1. The number of benzene rings is 2. The Hall–Kier alpha value is -3.41. The number of aromatic amines is 1. The summed E-state index contributed by atoms with van der Waals surface area (Å²) in [6, 6.07) is 18.5. The number of amides is 1. The van der Waals surface area contributed by atoms with Crippen LogP contribution in [0.5, 0.6) is 0 Å². The van der Waals surface area contributed by atoms with E-state index in [1.807, 2.05) is 37.3 Å². The van der Waals surface area contributed by atoms with E-state index in [0.29, 0.717) is 29.5 Å². The summed E-state index contributed by atoms with van der Waals surface area (Å²) >= 11 is 0. The summed E-state index contributed by atoms with van der Waals surface area (Å²) in [6.45, 7) is 1.85. The van der Waals surface area contributed by atoms with Gasteiger partial charge in [0.15, 0.2) is 0 Å². The fraction of sp³-hybridized carbons (Fsp3) is 0.433. The molecular weight excluding hydrogens is 448 g/mol. The predicted molar refractivity (Wildman–Crippen MR) is 141 cm³/mol. The van der Waals surface area contributed by atoms with Crippen molar-refractivity contribution in [3.63, 3.8) is 0 Å². The van der Waals surface area contributed by atoms with E-state index in [4.69, 9.17) is 0 Å². The molecule has 0 unspecified atom stereocenters. The number of carbonyl (C=O) groups excluding carboxylic acids is 1. The van der Waals surface area contributed by atoms with Crippen LogP contribution in [-0.4, -0.2) is 21.9 Å². The van der Waals surface area contributed by atoms with Gasteiger partial charge in [0, 0.05) is 12.1 Å². The quantitative estimate of drug-likeness (QED) is 0.366. The van der Waals surface area contributed by atoms with Crippen molar-refractivity contribution in [3.05, 3.63) is 87.3 Å². The first-order valence-corrected chi connectivity index (χ1v) is 13.3. The monoisotopic (exact) mass is 482 g/mol. The minimum Gasteiger partial charge on any atom is -0.295 e. The van der Waals surface area contributed by atoms with Gasteiger partial charge in [-0.2, -0.15) is 5.10 Å². The molecule has 4 saturated carbocycles. The molecule has 3 aromatic rings. The second-order valence-electron chi connectivity index (χ2n) is 11.3. The minimum absolute atomic E-state index is 0.169. The Balaban J connectivity index is 1.13. The maximum atomic E-state index is 13.1. The van der Waals surface area contributed by atoms with Crippen molar-refractivity contribution in [2.75, 3.05) is 0 Å². The molecular formula is C30H34N4O2. The molecule has 0 atom stereocenters. The Morgan fingerprint density at radius 2 is 1.67 bits per heavy atom. The van der Waals surface area contributed by atoms with Gasteiger partial charge in [0.2, 0.25) is 5.91 Å². The first-order valence-electron chi connectivity index (χ1n) is 13.3. The highest BCUT2D eigenvalue weighted by molar-refractivity contribution is 5.83. The van der Waals surface area contributed by atoms with Crippen LogP contribution >= 0.6 is 0 Å². The van der Waals surface area contributed by atoms with Crippen molar-refractivity contribution in [2.45, 2.75) is 63.7 Å². The van der Waals surface area contributed by atoms with Gasteiger partial charge in [-0.15, -0.1) is 0 Å². The fourth-order valence-electron chi connectivity index (χ4n) is 7.45. The third-order valence-corrected chi connectivity index (χ3v) is 8.76. The average Bonchev–Trinajstić information content (AvgIpc) is 3.16. The van der Waals surface area contributed by atoms with E-state index in [-0.39, 0.29) is 11.5 Å². The molecule has 4 aliphatic carbocycles. The average molecular weight is 483 g/mol. The molecule has 4 fully saturated rings. The van der Waals surface area contributed by atoms with Gasteiger partial charge in [-0.05, 0) is 98.3 Å². The summed E-state index contributed by atoms with van der Waals surface area (Å²) in [4.78, 5) is 25.3. The molecule has 7 rings (SSSR count). The number of nitrogens with one attached hydrogen (secondary N) is 2. The molecule has 0 aliphatic heterocycles. The van der Waals surface area contributed by atoms with E-state index in [0.717, 1.165) is 29.0 Å². The number of hydrogen-bond donors (Lipinski definition) is 2. The zero-order valence-electron chi connectivity index (χ0n) is 20.9. The first kappa shape index (κ1) is 23.0. The van der Waals surface area contributed by atoms with Crippen molar-refractivity contribution in [1.29, 1.82) is 0 Å². The van der Waals surface area contributed by atoms with Crippen molar-refractivity contribution in [3.8, 4) is 5.69 Å². The lowest BCUT2D eigenvalue weighted by Crippen LogP contribution is -2.48. The van der Waals surface area contributed by atoms with E-state index < -0.39 is 0 Å². The summed E-state index contributed by atoms with van der Waals surface area (Å²) in [5, 5.41) is 7.21. The van der Waals surface area contributed by atoms with Gasteiger partial charge >= 0.3 is 0 Å². The molecule has 2 aromatic carbocycles. The second-order valence-corrected chi connectivity index (χ2v) is 11.3. The van der Waals surface area contributed by atoms with Crippen LogP contribution in [0.4, 0.5) is 0 Å². The molecule has 36 heavy (non-hydrogen) atoms. The summed E-state index contributed by atoms with van der Waals surface area (Å²) in [5.74, 6) is 2.55. The molecule has 6 heteroatoms. The summed E-state index contributed by atoms with van der Waals surface area (Å²) in [7, 11) is 0. The second kappa shape index (κ2) is 9.23. The zero-order chi connectivity index (χ0) is 24.7. The minimum atomic E-state index is -0.177. The Bertz CT molecular complexity index is 1300. The Morgan fingerprint density at radius 1 is 1.03 bits per heavy atom. The summed E-state index contributed by atoms with van der Waals surface area (Å²) in [6.07, 6.45) is 10.7. The molecule has 2 N–H and O–H groups in total. The van der Waals surface area contributed by atoms with E-state index in [2.05, 4.69) is 39.9 Å². The molecule has 186 valence electrons. The number of aryl methyl sites for hydroxylation is 2. The third kappa shape index (κ3) is 4.34. The molecule has 1 aromatic heterocycles. The van der Waals surface area contributed by atoms with E-state index in [9.17, 15) is 9.59 Å². The first-order chi connectivity index (χ1) is 17.5. The van der Waals surface area contributed by atoms with Gasteiger partial charge in [-0.3, -0.25) is 14.7 Å². The lowest BCUT2D eigenvalue weighted by Gasteiger charge is -2.57. The van der Waals surface area contributed by atoms with Crippen LogP contribution in [0, 0.1) is 24.7 Å². The van der Waals surface area contributed by atoms with Gasteiger partial charge in [-0.1, -0.05) is 42.5 Å². The van der Waals surface area contributed by atoms with E-state index in [1.54, 1.807) is 4.68 Å². The molecule has 0 spiro atoms. The number of H-pyrrole nitrogens is 1. The maximum absolute atomic E-state index is 13.1. The highest BCUT2D eigenvalue weighted by Gasteiger charge is 2.51. The Kier molecular flexibility index (Phi) is 5.90. The van der Waals surface area contributed by atoms with Crippen molar-refractivity contribution >= 4 is 12.1 Å². The Labute approximate surface area is 211 Å². The van der Waals surface area contributed by atoms with E-state index in [1.165, 1.54) is 50.3 Å². The van der Waals surface area contributed by atoms with Crippen LogP contribution in [0.2, 0.25) is 0 Å². The predicted octanol–water partition coefficient (Wildman–Crippen LogP) is 5.02. The van der Waals surface area contributed by atoms with Gasteiger partial charge in [-0.25, -0.2) is 10.1 Å². The van der Waals surface area contributed by atoms with Crippen LogP contribution in [0.1, 0.15) is 67.3 Å². The van der Waals surface area contributed by atoms with Crippen molar-refractivity contribution in [1.82, 2.24) is 15.2 Å². The third-order valence-electron chi connectivity index (χ3n) is 8.76. The highest BCUT2D eigenvalue weighted by atomic mass is 16.2. The molecule has 4 bridgehead atoms. The summed E-state index contributed by atoms with van der Waals surface area (Å²) < 4.78 is 1.57. The SMILES string of the molecule is Cc1[nH]n(-c2ccc(C34CC5CC(CC(C5)C3)C4)cc2)c(=O)c1C=NNC(=O)CCc1ccccc1. The van der Waals surface area contributed by atoms with Crippen molar-refractivity contribution in [2.24, 2.45) is 22.9 Å². The largest absolute Gasteiger partial charge is 0.295 e. The number of nitrogens with zero attached hydrogens (tertiary/aromatic N) is 2. The van der Waals surface area contributed by atoms with Gasteiger partial charge in [0.1, 0.15) is 0 Å².